The zero-order valence-corrected chi connectivity index (χ0v) is 14.4. The molecule has 3 atom stereocenters. The van der Waals surface area contributed by atoms with Crippen molar-refractivity contribution in [3.8, 4) is 0 Å². The van der Waals surface area contributed by atoms with Gasteiger partial charge in [-0.2, -0.15) is 11.8 Å². The molecular weight excluding hydrogens is 282 g/mol. The number of hydrogen-bond acceptors (Lipinski definition) is 4. The van der Waals surface area contributed by atoms with Crippen molar-refractivity contribution >= 4 is 17.5 Å². The molecule has 2 aliphatic rings. The Bertz CT molecular complexity index is 340. The minimum absolute atomic E-state index is 0.0257. The molecule has 2 rings (SSSR count). The molecule has 0 bridgehead atoms. The first kappa shape index (κ1) is 17.3. The molecule has 4 heteroatoms. The number of carbonyl (C=O) groups is 1. The maximum Gasteiger partial charge on any atom is 0.136 e. The average Bonchev–Trinajstić information content (AvgIpc) is 2.90. The smallest absolute Gasteiger partial charge is 0.136 e. The van der Waals surface area contributed by atoms with Gasteiger partial charge >= 0.3 is 0 Å². The van der Waals surface area contributed by atoms with Crippen molar-refractivity contribution in [1.82, 2.24) is 0 Å². The normalized spacial score (nSPS) is 31.0. The van der Waals surface area contributed by atoms with E-state index < -0.39 is 0 Å². The van der Waals surface area contributed by atoms with Crippen molar-refractivity contribution in [2.45, 2.75) is 58.0 Å². The maximum absolute atomic E-state index is 12.6. The van der Waals surface area contributed by atoms with Gasteiger partial charge in [-0.15, -0.1) is 0 Å². The number of thioether (sulfide) groups is 1. The predicted octanol–water partition coefficient (Wildman–Crippen LogP) is 3.26. The molecule has 1 spiro atoms. The van der Waals surface area contributed by atoms with Crippen LogP contribution in [0.25, 0.3) is 0 Å². The van der Waals surface area contributed by atoms with E-state index in [0.29, 0.717) is 17.6 Å². The molecule has 2 fully saturated rings. The summed E-state index contributed by atoms with van der Waals surface area (Å²) in [4.78, 5) is 12.6. The highest BCUT2D eigenvalue weighted by atomic mass is 32.2. The van der Waals surface area contributed by atoms with E-state index in [-0.39, 0.29) is 11.5 Å². The first-order chi connectivity index (χ1) is 10.1. The Kier molecular flexibility index (Phi) is 6.57. The second kappa shape index (κ2) is 7.98. The van der Waals surface area contributed by atoms with Crippen LogP contribution in [0.15, 0.2) is 0 Å². The summed E-state index contributed by atoms with van der Waals surface area (Å²) in [7, 11) is 0. The first-order valence-electron chi connectivity index (χ1n) is 8.51. The fraction of sp³-hybridized carbons (Fsp3) is 0.941. The highest BCUT2D eigenvalue weighted by Gasteiger charge is 2.42. The fourth-order valence-corrected chi connectivity index (χ4v) is 5.10. The van der Waals surface area contributed by atoms with Gasteiger partial charge in [-0.1, -0.05) is 13.8 Å². The molecule has 0 aliphatic carbocycles. The van der Waals surface area contributed by atoms with Crippen LogP contribution in [0.1, 0.15) is 52.4 Å². The van der Waals surface area contributed by atoms with Crippen molar-refractivity contribution in [2.24, 2.45) is 23.5 Å². The number of ether oxygens (including phenoxy) is 1. The van der Waals surface area contributed by atoms with E-state index in [1.54, 1.807) is 0 Å². The average molecular weight is 314 g/mol. The van der Waals surface area contributed by atoms with Gasteiger partial charge in [0.25, 0.3) is 0 Å². The van der Waals surface area contributed by atoms with Gasteiger partial charge in [0.1, 0.15) is 5.78 Å². The van der Waals surface area contributed by atoms with E-state index >= 15 is 0 Å². The quantitative estimate of drug-likeness (QED) is 0.784. The van der Waals surface area contributed by atoms with Gasteiger partial charge in [0, 0.05) is 24.7 Å². The highest BCUT2D eigenvalue weighted by molar-refractivity contribution is 7.99. The number of carbonyl (C=O) groups excluding carboxylic acids is 1. The zero-order chi connectivity index (χ0) is 15.3. The summed E-state index contributed by atoms with van der Waals surface area (Å²) in [5.41, 5.74) is 5.72. The first-order valence-corrected chi connectivity index (χ1v) is 9.66. The van der Waals surface area contributed by atoms with Crippen LogP contribution >= 0.6 is 11.8 Å². The van der Waals surface area contributed by atoms with Gasteiger partial charge in [-0.05, 0) is 56.2 Å². The third-order valence-electron chi connectivity index (χ3n) is 5.26. The lowest BCUT2D eigenvalue weighted by Crippen LogP contribution is -2.42. The van der Waals surface area contributed by atoms with Gasteiger partial charge in [-0.25, -0.2) is 0 Å². The molecule has 0 radical (unpaired) electrons. The molecular formula is C17H31NO2S. The topological polar surface area (TPSA) is 52.3 Å². The molecule has 3 unspecified atom stereocenters. The highest BCUT2D eigenvalue weighted by Crippen LogP contribution is 2.41. The van der Waals surface area contributed by atoms with Gasteiger partial charge in [-0.3, -0.25) is 4.79 Å². The Morgan fingerprint density at radius 1 is 1.43 bits per heavy atom. The molecule has 2 aliphatic heterocycles. The summed E-state index contributed by atoms with van der Waals surface area (Å²) in [6.07, 6.45) is 5.79. The predicted molar refractivity (Wildman–Crippen MR) is 89.6 cm³/mol. The van der Waals surface area contributed by atoms with Gasteiger partial charge in [0.2, 0.25) is 0 Å². The number of rotatable bonds is 7. The number of nitrogens with two attached hydrogens (primary N) is 1. The molecule has 21 heavy (non-hydrogen) atoms. The van der Waals surface area contributed by atoms with Crippen molar-refractivity contribution < 1.29 is 9.53 Å². The second-order valence-electron chi connectivity index (χ2n) is 7.11. The van der Waals surface area contributed by atoms with Crippen LogP contribution in [0, 0.1) is 17.8 Å². The molecule has 2 N–H and O–H groups in total. The summed E-state index contributed by atoms with van der Waals surface area (Å²) < 4.78 is 6.02. The number of Topliss-reactive ketones (excluding diaryl/α,β-unsaturated/α-hetero) is 1. The molecule has 0 amide bonds. The van der Waals surface area contributed by atoms with E-state index in [4.69, 9.17) is 10.5 Å². The monoisotopic (exact) mass is 313 g/mol. The minimum atomic E-state index is 0.0257. The summed E-state index contributed by atoms with van der Waals surface area (Å²) >= 11 is 1.97. The van der Waals surface area contributed by atoms with Crippen LogP contribution in [0.3, 0.4) is 0 Å². The summed E-state index contributed by atoms with van der Waals surface area (Å²) in [5, 5.41) is 0. The molecule has 3 nitrogen and oxygen atoms in total. The van der Waals surface area contributed by atoms with Crippen LogP contribution in [-0.2, 0) is 9.53 Å². The maximum atomic E-state index is 12.6. The van der Waals surface area contributed by atoms with Gasteiger partial charge in [0.15, 0.2) is 0 Å². The van der Waals surface area contributed by atoms with Crippen LogP contribution in [0.5, 0.6) is 0 Å². The summed E-state index contributed by atoms with van der Waals surface area (Å²) in [6.45, 7) is 5.98. The lowest BCUT2D eigenvalue weighted by molar-refractivity contribution is -0.134. The Hall–Kier alpha value is -0.0600. The fourth-order valence-electron chi connectivity index (χ4n) is 3.72. The molecule has 2 heterocycles. The van der Waals surface area contributed by atoms with Crippen LogP contribution in [0.2, 0.25) is 0 Å². The SMILES string of the molecule is CC(C)C(CCN)CCC(=O)C1CCOC2(CCSC2)C1. The Morgan fingerprint density at radius 3 is 2.86 bits per heavy atom. The van der Waals surface area contributed by atoms with E-state index in [1.165, 1.54) is 5.75 Å². The van der Waals surface area contributed by atoms with Crippen molar-refractivity contribution in [3.05, 3.63) is 0 Å². The summed E-state index contributed by atoms with van der Waals surface area (Å²) in [6, 6.07) is 0. The second-order valence-corrected chi connectivity index (χ2v) is 8.22. The molecule has 0 aromatic carbocycles. The minimum Gasteiger partial charge on any atom is -0.374 e. The van der Waals surface area contributed by atoms with Crippen molar-refractivity contribution in [2.75, 3.05) is 24.7 Å². The molecule has 122 valence electrons. The van der Waals surface area contributed by atoms with Crippen molar-refractivity contribution in [3.63, 3.8) is 0 Å². The van der Waals surface area contributed by atoms with Crippen LogP contribution in [0.4, 0.5) is 0 Å². The van der Waals surface area contributed by atoms with Gasteiger partial charge < -0.3 is 10.5 Å². The number of hydrogen-bond donors (Lipinski definition) is 1. The Labute approximate surface area is 133 Å². The van der Waals surface area contributed by atoms with E-state index in [0.717, 1.165) is 57.4 Å². The van der Waals surface area contributed by atoms with E-state index in [1.807, 2.05) is 11.8 Å². The molecule has 0 aromatic rings. The van der Waals surface area contributed by atoms with Gasteiger partial charge in [0.05, 0.1) is 5.60 Å². The largest absolute Gasteiger partial charge is 0.374 e. The Morgan fingerprint density at radius 2 is 2.24 bits per heavy atom. The third-order valence-corrected chi connectivity index (χ3v) is 6.48. The van der Waals surface area contributed by atoms with E-state index in [2.05, 4.69) is 13.8 Å². The van der Waals surface area contributed by atoms with Crippen LogP contribution < -0.4 is 5.73 Å². The number of ketones is 1. The lowest BCUT2D eigenvalue weighted by Gasteiger charge is -2.37. The Balaban J connectivity index is 1.82. The molecule has 2 saturated heterocycles. The van der Waals surface area contributed by atoms with Crippen molar-refractivity contribution in [1.29, 1.82) is 0 Å². The standard InChI is InChI=1S/C17H31NO2S/c1-13(2)14(5-8-18)3-4-16(19)15-6-9-20-17(11-15)7-10-21-12-17/h13-15H,3-12,18H2,1-2H3. The summed E-state index contributed by atoms with van der Waals surface area (Å²) in [5.74, 6) is 4.19. The lowest BCUT2D eigenvalue weighted by atomic mass is 9.80. The third kappa shape index (κ3) is 4.70. The molecule has 0 aromatic heterocycles. The van der Waals surface area contributed by atoms with E-state index in [9.17, 15) is 4.79 Å². The zero-order valence-electron chi connectivity index (χ0n) is 13.6. The molecule has 0 saturated carbocycles. The van der Waals surface area contributed by atoms with Crippen LogP contribution in [-0.4, -0.2) is 36.0 Å².